The molecule has 0 unspecified atom stereocenters. The van der Waals surface area contributed by atoms with Crippen molar-refractivity contribution >= 4 is 11.6 Å². The average Bonchev–Trinajstić information content (AvgIpc) is 3.04. The summed E-state index contributed by atoms with van der Waals surface area (Å²) < 4.78 is 5.65. The van der Waals surface area contributed by atoms with Crippen molar-refractivity contribution in [3.8, 4) is 5.75 Å². The van der Waals surface area contributed by atoms with Gasteiger partial charge in [-0.15, -0.1) is 0 Å². The normalized spacial score (nSPS) is 19.0. The first-order valence-corrected chi connectivity index (χ1v) is 6.07. The van der Waals surface area contributed by atoms with Crippen LogP contribution < -0.4 is 4.74 Å². The van der Waals surface area contributed by atoms with Crippen LogP contribution in [0.5, 0.6) is 5.75 Å². The van der Waals surface area contributed by atoms with Crippen molar-refractivity contribution < 1.29 is 14.3 Å². The molecule has 3 heteroatoms. The Bertz CT molecular complexity index is 512. The minimum absolute atomic E-state index is 0.0543. The first kappa shape index (κ1) is 10.5. The first-order chi connectivity index (χ1) is 8.16. The van der Waals surface area contributed by atoms with Gasteiger partial charge in [-0.25, -0.2) is 0 Å². The van der Waals surface area contributed by atoms with Gasteiger partial charge >= 0.3 is 0 Å². The second-order valence-corrected chi connectivity index (χ2v) is 4.81. The summed E-state index contributed by atoms with van der Waals surface area (Å²) >= 11 is 0. The van der Waals surface area contributed by atoms with E-state index in [9.17, 15) is 9.59 Å². The number of ether oxygens (including phenoxy) is 1. The topological polar surface area (TPSA) is 43.4 Å². The van der Waals surface area contributed by atoms with Crippen LogP contribution in [0, 0.1) is 0 Å². The number of hydrogen-bond donors (Lipinski definition) is 0. The zero-order chi connectivity index (χ0) is 12.0. The van der Waals surface area contributed by atoms with Crippen molar-refractivity contribution in [3.63, 3.8) is 0 Å². The van der Waals surface area contributed by atoms with Crippen LogP contribution in [0.1, 0.15) is 53.3 Å². The minimum Gasteiger partial charge on any atom is -0.478 e. The van der Waals surface area contributed by atoms with E-state index >= 15 is 0 Å². The molecule has 3 nitrogen and oxygen atoms in total. The Balaban J connectivity index is 1.96. The van der Waals surface area contributed by atoms with Crippen molar-refractivity contribution in [1.29, 1.82) is 0 Å². The van der Waals surface area contributed by atoms with Gasteiger partial charge in [0, 0.05) is 12.0 Å². The Kier molecular flexibility index (Phi) is 2.12. The fraction of sp³-hybridized carbons (Fsp3) is 0.429. The molecule has 0 atom stereocenters. The fourth-order valence-electron chi connectivity index (χ4n) is 2.29. The lowest BCUT2D eigenvalue weighted by atomic mass is 10.0. The Morgan fingerprint density at radius 2 is 2.18 bits per heavy atom. The summed E-state index contributed by atoms with van der Waals surface area (Å²) in [7, 11) is 0. The first-order valence-electron chi connectivity index (χ1n) is 6.07. The van der Waals surface area contributed by atoms with Gasteiger partial charge < -0.3 is 4.74 Å². The molecule has 1 aliphatic carbocycles. The molecule has 1 heterocycles. The number of benzene rings is 1. The average molecular weight is 230 g/mol. The van der Waals surface area contributed by atoms with Crippen molar-refractivity contribution in [3.05, 3.63) is 29.3 Å². The largest absolute Gasteiger partial charge is 0.478 e. The Hall–Kier alpha value is -1.64. The predicted molar refractivity (Wildman–Crippen MR) is 62.6 cm³/mol. The fourth-order valence-corrected chi connectivity index (χ4v) is 2.29. The third-order valence-electron chi connectivity index (χ3n) is 3.45. The smallest absolute Gasteiger partial charge is 0.210 e. The lowest BCUT2D eigenvalue weighted by Gasteiger charge is -2.03. The Morgan fingerprint density at radius 3 is 2.82 bits per heavy atom. The highest BCUT2D eigenvalue weighted by molar-refractivity contribution is 6.11. The van der Waals surface area contributed by atoms with E-state index in [1.54, 1.807) is 18.2 Å². The van der Waals surface area contributed by atoms with Gasteiger partial charge in [0.05, 0.1) is 5.56 Å². The predicted octanol–water partition coefficient (Wildman–Crippen LogP) is 2.78. The van der Waals surface area contributed by atoms with E-state index in [0.29, 0.717) is 23.3 Å². The summed E-state index contributed by atoms with van der Waals surface area (Å²) in [6.45, 7) is 1.97. The number of rotatable bonds is 3. The summed E-state index contributed by atoms with van der Waals surface area (Å²) in [5.74, 6) is 0.791. The van der Waals surface area contributed by atoms with Crippen molar-refractivity contribution in [2.75, 3.05) is 0 Å². The van der Waals surface area contributed by atoms with E-state index in [1.165, 1.54) is 0 Å². The van der Waals surface area contributed by atoms with E-state index in [4.69, 9.17) is 4.74 Å². The van der Waals surface area contributed by atoms with Gasteiger partial charge in [-0.3, -0.25) is 9.59 Å². The molecular formula is C14H14O3. The number of Topliss-reactive ketones (excluding diaryl/α,β-unsaturated/α-hetero) is 2. The molecule has 1 fully saturated rings. The van der Waals surface area contributed by atoms with Gasteiger partial charge in [0.2, 0.25) is 5.78 Å². The van der Waals surface area contributed by atoms with Crippen LogP contribution in [0.2, 0.25) is 0 Å². The molecule has 1 saturated carbocycles. The lowest BCUT2D eigenvalue weighted by Crippen LogP contribution is -2.21. The van der Waals surface area contributed by atoms with E-state index in [2.05, 4.69) is 0 Å². The quantitative estimate of drug-likeness (QED) is 0.750. The Morgan fingerprint density at radius 1 is 1.41 bits per heavy atom. The highest BCUT2D eigenvalue weighted by Crippen LogP contribution is 2.49. The molecule has 0 bridgehead atoms. The van der Waals surface area contributed by atoms with Crippen LogP contribution in [-0.2, 0) is 0 Å². The molecular weight excluding hydrogens is 216 g/mol. The third-order valence-corrected chi connectivity index (χ3v) is 3.45. The van der Waals surface area contributed by atoms with Crippen LogP contribution in [0.3, 0.4) is 0 Å². The van der Waals surface area contributed by atoms with Crippen LogP contribution in [0.25, 0.3) is 0 Å². The van der Waals surface area contributed by atoms with Crippen molar-refractivity contribution in [1.82, 2.24) is 0 Å². The molecule has 1 aromatic rings. The molecule has 88 valence electrons. The van der Waals surface area contributed by atoms with Crippen molar-refractivity contribution in [2.45, 2.75) is 38.2 Å². The summed E-state index contributed by atoms with van der Waals surface area (Å²) in [4.78, 5) is 23.9. The maximum absolute atomic E-state index is 12.1. The molecule has 0 amide bonds. The van der Waals surface area contributed by atoms with Gasteiger partial charge in [0.25, 0.3) is 0 Å². The Labute approximate surface area is 99.8 Å². The summed E-state index contributed by atoms with van der Waals surface area (Å²) in [6.07, 6.45) is 2.96. The van der Waals surface area contributed by atoms with E-state index in [1.807, 2.05) is 6.92 Å². The van der Waals surface area contributed by atoms with Gasteiger partial charge in [-0.2, -0.15) is 0 Å². The van der Waals surface area contributed by atoms with E-state index in [-0.39, 0.29) is 11.6 Å². The molecule has 0 aromatic heterocycles. The molecule has 1 spiro atoms. The zero-order valence-electron chi connectivity index (χ0n) is 9.79. The van der Waals surface area contributed by atoms with Crippen LogP contribution >= 0.6 is 0 Å². The van der Waals surface area contributed by atoms with Gasteiger partial charge in [-0.05, 0) is 37.5 Å². The molecule has 2 aliphatic rings. The molecule has 0 N–H and O–H groups in total. The summed E-state index contributed by atoms with van der Waals surface area (Å²) in [5, 5.41) is 0. The maximum Gasteiger partial charge on any atom is 0.210 e. The number of ketones is 2. The molecule has 0 radical (unpaired) electrons. The highest BCUT2D eigenvalue weighted by atomic mass is 16.5. The number of hydrogen-bond acceptors (Lipinski definition) is 3. The summed E-state index contributed by atoms with van der Waals surface area (Å²) in [6, 6.07) is 5.21. The van der Waals surface area contributed by atoms with Crippen molar-refractivity contribution in [2.24, 2.45) is 0 Å². The molecule has 0 saturated heterocycles. The van der Waals surface area contributed by atoms with Crippen LogP contribution in [0.15, 0.2) is 18.2 Å². The standard InChI is InChI=1S/C14H14O3/c1-2-3-11(15)9-4-5-12-10(8-9)13(16)14(17-12)6-7-14/h4-5,8H,2-3,6-7H2,1H3. The summed E-state index contributed by atoms with van der Waals surface area (Å²) in [5.41, 5.74) is 0.652. The molecule has 3 rings (SSSR count). The molecule has 1 aliphatic heterocycles. The van der Waals surface area contributed by atoms with Crippen LogP contribution in [0.4, 0.5) is 0 Å². The van der Waals surface area contributed by atoms with E-state index < -0.39 is 5.60 Å². The number of fused-ring (bicyclic) bond motifs is 1. The third kappa shape index (κ3) is 1.49. The second kappa shape index (κ2) is 3.42. The highest BCUT2D eigenvalue weighted by Gasteiger charge is 2.57. The van der Waals surface area contributed by atoms with Gasteiger partial charge in [0.1, 0.15) is 5.75 Å². The number of carbonyl (C=O) groups is 2. The minimum atomic E-state index is -0.561. The lowest BCUT2D eigenvalue weighted by molar-refractivity contribution is 0.0820. The molecule has 17 heavy (non-hydrogen) atoms. The monoisotopic (exact) mass is 230 g/mol. The van der Waals surface area contributed by atoms with Gasteiger partial charge in [-0.1, -0.05) is 6.92 Å². The second-order valence-electron chi connectivity index (χ2n) is 4.81. The SMILES string of the molecule is CCCC(=O)c1ccc2c(c1)C(=O)C1(CC1)O2. The van der Waals surface area contributed by atoms with Crippen LogP contribution in [-0.4, -0.2) is 17.2 Å². The zero-order valence-corrected chi connectivity index (χ0v) is 9.79. The van der Waals surface area contributed by atoms with E-state index in [0.717, 1.165) is 19.3 Å². The maximum atomic E-state index is 12.1. The molecule has 1 aromatic carbocycles. The van der Waals surface area contributed by atoms with Gasteiger partial charge in [0.15, 0.2) is 11.4 Å². The number of carbonyl (C=O) groups excluding carboxylic acids is 2.